The van der Waals surface area contributed by atoms with Crippen LogP contribution in [0.4, 0.5) is 5.69 Å². The van der Waals surface area contributed by atoms with Crippen LogP contribution in [-0.4, -0.2) is 44.4 Å². The summed E-state index contributed by atoms with van der Waals surface area (Å²) < 4.78 is 26.8. The standard InChI is InChI=1S/C13H19N3O4S/c17-16(18)12-6-2-3-7-13(12)21(19,20)14-8-11-15-9-4-1-5-10-15/h2-3,6-7,14H,1,4-5,8-11H2. The molecule has 0 aromatic heterocycles. The first kappa shape index (κ1) is 15.9. The van der Waals surface area contributed by atoms with Gasteiger partial charge in [0.25, 0.3) is 5.69 Å². The van der Waals surface area contributed by atoms with Gasteiger partial charge in [0.15, 0.2) is 4.90 Å². The number of nitro benzene ring substituents is 1. The predicted molar refractivity (Wildman–Crippen MR) is 78.6 cm³/mol. The van der Waals surface area contributed by atoms with Gasteiger partial charge in [-0.15, -0.1) is 0 Å². The van der Waals surface area contributed by atoms with Crippen LogP contribution >= 0.6 is 0 Å². The summed E-state index contributed by atoms with van der Waals surface area (Å²) in [7, 11) is -3.86. The molecule has 1 N–H and O–H groups in total. The van der Waals surface area contributed by atoms with Crippen LogP contribution < -0.4 is 4.72 Å². The minimum atomic E-state index is -3.86. The Morgan fingerprint density at radius 1 is 1.19 bits per heavy atom. The summed E-state index contributed by atoms with van der Waals surface area (Å²) in [5, 5.41) is 10.9. The third-order valence-electron chi connectivity index (χ3n) is 3.52. The summed E-state index contributed by atoms with van der Waals surface area (Å²) in [5.74, 6) is 0. The molecule has 0 radical (unpaired) electrons. The molecule has 21 heavy (non-hydrogen) atoms. The minimum absolute atomic E-state index is 0.258. The first-order valence-corrected chi connectivity index (χ1v) is 8.44. The quantitative estimate of drug-likeness (QED) is 0.632. The lowest BCUT2D eigenvalue weighted by Gasteiger charge is -2.26. The van der Waals surface area contributed by atoms with Gasteiger partial charge in [0.1, 0.15) is 0 Å². The average Bonchev–Trinajstić information content (AvgIpc) is 2.48. The largest absolute Gasteiger partial charge is 0.302 e. The van der Waals surface area contributed by atoms with Crippen molar-refractivity contribution in [3.63, 3.8) is 0 Å². The van der Waals surface area contributed by atoms with Crippen LogP contribution in [0.5, 0.6) is 0 Å². The van der Waals surface area contributed by atoms with Crippen LogP contribution in [0.1, 0.15) is 19.3 Å². The van der Waals surface area contributed by atoms with Crippen molar-refractivity contribution >= 4 is 15.7 Å². The Morgan fingerprint density at radius 3 is 2.52 bits per heavy atom. The number of nitrogens with zero attached hydrogens (tertiary/aromatic N) is 2. The van der Waals surface area contributed by atoms with Crippen molar-refractivity contribution in [3.8, 4) is 0 Å². The van der Waals surface area contributed by atoms with Crippen LogP contribution in [0.25, 0.3) is 0 Å². The zero-order chi connectivity index (χ0) is 15.3. The van der Waals surface area contributed by atoms with Gasteiger partial charge in [0.2, 0.25) is 10.0 Å². The highest BCUT2D eigenvalue weighted by atomic mass is 32.2. The molecule has 0 atom stereocenters. The maximum atomic E-state index is 12.2. The van der Waals surface area contributed by atoms with Gasteiger partial charge in [-0.05, 0) is 32.0 Å². The molecule has 0 amide bonds. The fraction of sp³-hybridized carbons (Fsp3) is 0.538. The van der Waals surface area contributed by atoms with Crippen molar-refractivity contribution in [1.82, 2.24) is 9.62 Å². The molecule has 1 aliphatic rings. The molecule has 1 heterocycles. The molecule has 0 aliphatic carbocycles. The molecule has 0 bridgehead atoms. The van der Waals surface area contributed by atoms with Crippen LogP contribution in [-0.2, 0) is 10.0 Å². The maximum absolute atomic E-state index is 12.2. The van der Waals surface area contributed by atoms with Gasteiger partial charge < -0.3 is 4.90 Å². The van der Waals surface area contributed by atoms with Crippen molar-refractivity contribution in [2.45, 2.75) is 24.2 Å². The Morgan fingerprint density at radius 2 is 1.86 bits per heavy atom. The van der Waals surface area contributed by atoms with Crippen LogP contribution in [0.2, 0.25) is 0 Å². The summed E-state index contributed by atoms with van der Waals surface area (Å²) in [6.07, 6.45) is 3.49. The van der Waals surface area contributed by atoms with E-state index >= 15 is 0 Å². The van der Waals surface area contributed by atoms with E-state index in [4.69, 9.17) is 0 Å². The van der Waals surface area contributed by atoms with Gasteiger partial charge in [-0.1, -0.05) is 18.6 Å². The lowest BCUT2D eigenvalue weighted by Crippen LogP contribution is -2.37. The van der Waals surface area contributed by atoms with E-state index in [2.05, 4.69) is 9.62 Å². The summed E-state index contributed by atoms with van der Waals surface area (Å²) in [5.41, 5.74) is -0.400. The van der Waals surface area contributed by atoms with E-state index in [-0.39, 0.29) is 11.4 Å². The highest BCUT2D eigenvalue weighted by molar-refractivity contribution is 7.89. The first-order valence-electron chi connectivity index (χ1n) is 6.96. The Bertz CT molecular complexity index is 597. The number of sulfonamides is 1. The summed E-state index contributed by atoms with van der Waals surface area (Å²) in [4.78, 5) is 12.1. The number of nitro groups is 1. The molecule has 2 rings (SSSR count). The lowest BCUT2D eigenvalue weighted by atomic mass is 10.1. The summed E-state index contributed by atoms with van der Waals surface area (Å²) in [6, 6.07) is 5.37. The average molecular weight is 313 g/mol. The Kier molecular flexibility index (Phi) is 5.27. The van der Waals surface area contributed by atoms with Gasteiger partial charge in [0, 0.05) is 19.2 Å². The molecule has 0 spiro atoms. The monoisotopic (exact) mass is 313 g/mol. The molecule has 116 valence electrons. The third-order valence-corrected chi connectivity index (χ3v) is 5.03. The molecular weight excluding hydrogens is 294 g/mol. The van der Waals surface area contributed by atoms with Gasteiger partial charge in [-0.25, -0.2) is 13.1 Å². The molecule has 1 aromatic rings. The van der Waals surface area contributed by atoms with Gasteiger partial charge >= 0.3 is 0 Å². The normalized spacial score (nSPS) is 16.8. The second-order valence-electron chi connectivity index (χ2n) is 5.02. The van der Waals surface area contributed by atoms with Crippen molar-refractivity contribution < 1.29 is 13.3 Å². The Balaban J connectivity index is 2.00. The van der Waals surface area contributed by atoms with Crippen molar-refractivity contribution in [3.05, 3.63) is 34.4 Å². The number of hydrogen-bond acceptors (Lipinski definition) is 5. The van der Waals surface area contributed by atoms with E-state index in [9.17, 15) is 18.5 Å². The van der Waals surface area contributed by atoms with Gasteiger partial charge in [-0.3, -0.25) is 10.1 Å². The number of rotatable bonds is 6. The smallest absolute Gasteiger partial charge is 0.289 e. The van der Waals surface area contributed by atoms with Crippen LogP contribution in [0.3, 0.4) is 0 Å². The molecule has 0 unspecified atom stereocenters. The second-order valence-corrected chi connectivity index (χ2v) is 6.76. The maximum Gasteiger partial charge on any atom is 0.289 e. The van der Waals surface area contributed by atoms with Crippen LogP contribution in [0, 0.1) is 10.1 Å². The zero-order valence-corrected chi connectivity index (χ0v) is 12.5. The van der Waals surface area contributed by atoms with Crippen molar-refractivity contribution in [2.24, 2.45) is 0 Å². The second kappa shape index (κ2) is 6.97. The molecule has 7 nitrogen and oxygen atoms in total. The molecule has 1 saturated heterocycles. The fourth-order valence-electron chi connectivity index (χ4n) is 2.43. The molecule has 0 saturated carbocycles. The highest BCUT2D eigenvalue weighted by Gasteiger charge is 2.24. The van der Waals surface area contributed by atoms with E-state index in [0.29, 0.717) is 6.54 Å². The summed E-state index contributed by atoms with van der Waals surface area (Å²) in [6.45, 7) is 2.84. The molecule has 8 heteroatoms. The van der Waals surface area contributed by atoms with E-state index < -0.39 is 20.6 Å². The Hall–Kier alpha value is -1.51. The number of nitrogens with one attached hydrogen (secondary N) is 1. The fourth-order valence-corrected chi connectivity index (χ4v) is 3.63. The molecule has 1 aromatic carbocycles. The van der Waals surface area contributed by atoms with Gasteiger partial charge in [-0.2, -0.15) is 0 Å². The van der Waals surface area contributed by atoms with E-state index in [0.717, 1.165) is 25.9 Å². The Labute approximate surface area is 124 Å². The number of para-hydroxylation sites is 1. The van der Waals surface area contributed by atoms with Crippen LogP contribution in [0.15, 0.2) is 29.2 Å². The van der Waals surface area contributed by atoms with E-state index in [1.54, 1.807) is 0 Å². The topological polar surface area (TPSA) is 92.5 Å². The van der Waals surface area contributed by atoms with Crippen molar-refractivity contribution in [1.29, 1.82) is 0 Å². The molecule has 1 fully saturated rings. The lowest BCUT2D eigenvalue weighted by molar-refractivity contribution is -0.387. The van der Waals surface area contributed by atoms with Gasteiger partial charge in [0.05, 0.1) is 4.92 Å². The van der Waals surface area contributed by atoms with E-state index in [1.165, 1.54) is 30.7 Å². The highest BCUT2D eigenvalue weighted by Crippen LogP contribution is 2.22. The molecule has 1 aliphatic heterocycles. The minimum Gasteiger partial charge on any atom is -0.302 e. The molecular formula is C13H19N3O4S. The zero-order valence-electron chi connectivity index (χ0n) is 11.7. The number of piperidine rings is 1. The predicted octanol–water partition coefficient (Wildman–Crippen LogP) is 1.36. The van der Waals surface area contributed by atoms with Crippen molar-refractivity contribution in [2.75, 3.05) is 26.2 Å². The third kappa shape index (κ3) is 4.23. The first-order chi connectivity index (χ1) is 10.0. The number of likely N-dealkylation sites (tertiary alicyclic amines) is 1. The number of hydrogen-bond donors (Lipinski definition) is 1. The summed E-state index contributed by atoms with van der Waals surface area (Å²) >= 11 is 0. The number of benzene rings is 1. The van der Waals surface area contributed by atoms with E-state index in [1.807, 2.05) is 0 Å². The SMILES string of the molecule is O=[N+]([O-])c1ccccc1S(=O)(=O)NCCN1CCCCC1.